The first-order valence-electron chi connectivity index (χ1n) is 9.44. The average Bonchev–Trinajstić information content (AvgIpc) is 3.04. The summed E-state index contributed by atoms with van der Waals surface area (Å²) in [6.07, 6.45) is 0.366. The number of anilines is 3. The Labute approximate surface area is 169 Å². The Hall–Kier alpha value is -2.57. The van der Waals surface area contributed by atoms with Crippen LogP contribution >= 0.6 is 11.6 Å². The van der Waals surface area contributed by atoms with Gasteiger partial charge in [0.2, 0.25) is 11.8 Å². The number of fused-ring (bicyclic) bond motifs is 1. The van der Waals surface area contributed by atoms with Crippen LogP contribution in [0.2, 0.25) is 5.02 Å². The minimum atomic E-state index is -0.0342. The molecule has 2 amide bonds. The highest BCUT2D eigenvalue weighted by Gasteiger charge is 2.21. The van der Waals surface area contributed by atoms with Crippen LogP contribution in [0.3, 0.4) is 0 Å². The molecule has 0 aliphatic carbocycles. The van der Waals surface area contributed by atoms with Crippen LogP contribution < -0.4 is 15.5 Å². The van der Waals surface area contributed by atoms with Crippen molar-refractivity contribution in [3.05, 3.63) is 52.5 Å². The molecule has 146 valence electrons. The molecule has 0 atom stereocenters. The van der Waals surface area contributed by atoms with Gasteiger partial charge in [-0.05, 0) is 54.4 Å². The van der Waals surface area contributed by atoms with Crippen LogP contribution in [0, 0.1) is 6.92 Å². The normalized spacial score (nSPS) is 16.6. The zero-order valence-corrected chi connectivity index (χ0v) is 16.6. The molecular weight excluding hydrogens is 376 g/mol. The number of carbonyl (C=O) groups excluding carboxylic acids is 2. The Morgan fingerprint density at radius 2 is 1.93 bits per heavy atom. The number of hydrogen-bond donors (Lipinski definition) is 2. The summed E-state index contributed by atoms with van der Waals surface area (Å²) in [4.78, 5) is 28.3. The van der Waals surface area contributed by atoms with Gasteiger partial charge in [-0.25, -0.2) is 0 Å². The van der Waals surface area contributed by atoms with Gasteiger partial charge in [0.15, 0.2) is 0 Å². The number of nitrogens with one attached hydrogen (secondary N) is 2. The van der Waals surface area contributed by atoms with Crippen LogP contribution in [0.1, 0.15) is 11.1 Å². The number of halogens is 1. The number of nitrogens with zero attached hydrogens (tertiary/aromatic N) is 2. The van der Waals surface area contributed by atoms with Crippen LogP contribution in [0.5, 0.6) is 0 Å². The second-order valence-electron chi connectivity index (χ2n) is 7.34. The number of rotatable bonds is 4. The van der Waals surface area contributed by atoms with Gasteiger partial charge in [-0.15, -0.1) is 0 Å². The second-order valence-corrected chi connectivity index (χ2v) is 7.75. The zero-order chi connectivity index (χ0) is 19.7. The van der Waals surface area contributed by atoms with Crippen molar-refractivity contribution in [2.45, 2.75) is 13.3 Å². The molecular formula is C21H23ClN4O2. The number of aryl methyl sites for hydroxylation is 1. The lowest BCUT2D eigenvalue weighted by molar-refractivity contribution is -0.117. The maximum atomic E-state index is 12.4. The summed E-state index contributed by atoms with van der Waals surface area (Å²) in [6, 6.07) is 11.6. The number of piperazine rings is 1. The first kappa shape index (κ1) is 18.8. The van der Waals surface area contributed by atoms with Crippen LogP contribution in [-0.2, 0) is 16.0 Å². The van der Waals surface area contributed by atoms with Crippen molar-refractivity contribution in [1.82, 2.24) is 4.90 Å². The number of benzene rings is 2. The SMILES string of the molecule is Cc1cc(N2CCN(CC(=O)Nc3ccc4c(c3)CC(=O)N4)CC2)ccc1Cl. The molecule has 2 aliphatic heterocycles. The minimum Gasteiger partial charge on any atom is -0.369 e. The quantitative estimate of drug-likeness (QED) is 0.831. The van der Waals surface area contributed by atoms with E-state index in [1.165, 1.54) is 5.69 Å². The van der Waals surface area contributed by atoms with Gasteiger partial charge in [0.05, 0.1) is 13.0 Å². The Kier molecular flexibility index (Phi) is 5.24. The molecule has 0 aromatic heterocycles. The highest BCUT2D eigenvalue weighted by atomic mass is 35.5. The maximum Gasteiger partial charge on any atom is 0.238 e. The Morgan fingerprint density at radius 1 is 1.14 bits per heavy atom. The molecule has 4 rings (SSSR count). The van der Waals surface area contributed by atoms with Crippen LogP contribution in [0.4, 0.5) is 17.1 Å². The summed E-state index contributed by atoms with van der Waals surface area (Å²) in [5.74, 6) is -0.0414. The molecule has 0 saturated carbocycles. The van der Waals surface area contributed by atoms with Gasteiger partial charge in [-0.3, -0.25) is 14.5 Å². The van der Waals surface area contributed by atoms with E-state index in [0.717, 1.165) is 53.7 Å². The monoisotopic (exact) mass is 398 g/mol. The molecule has 1 fully saturated rings. The van der Waals surface area contributed by atoms with Crippen LogP contribution in [-0.4, -0.2) is 49.4 Å². The van der Waals surface area contributed by atoms with Crippen LogP contribution in [0.25, 0.3) is 0 Å². The van der Waals surface area contributed by atoms with E-state index in [2.05, 4.69) is 26.5 Å². The van der Waals surface area contributed by atoms with Gasteiger partial charge in [0.1, 0.15) is 0 Å². The largest absolute Gasteiger partial charge is 0.369 e. The molecule has 2 aromatic rings. The molecule has 0 unspecified atom stereocenters. The van der Waals surface area contributed by atoms with E-state index in [9.17, 15) is 9.59 Å². The molecule has 2 heterocycles. The summed E-state index contributed by atoms with van der Waals surface area (Å²) in [5.41, 5.74) is 4.74. The first-order valence-corrected chi connectivity index (χ1v) is 9.82. The summed E-state index contributed by atoms with van der Waals surface area (Å²) in [7, 11) is 0. The van der Waals surface area contributed by atoms with Gasteiger partial charge in [0.25, 0.3) is 0 Å². The van der Waals surface area contributed by atoms with Gasteiger partial charge in [-0.2, -0.15) is 0 Å². The van der Waals surface area contributed by atoms with E-state index in [4.69, 9.17) is 11.6 Å². The summed E-state index contributed by atoms with van der Waals surface area (Å²) >= 11 is 6.11. The summed E-state index contributed by atoms with van der Waals surface area (Å²) in [5, 5.41) is 6.52. The maximum absolute atomic E-state index is 12.4. The standard InChI is InChI=1S/C21H23ClN4O2/c1-14-10-17(3-4-18(14)22)26-8-6-25(7-9-26)13-21(28)23-16-2-5-19-15(11-16)12-20(27)24-19/h2-5,10-11H,6-9,12-13H2,1H3,(H,23,28)(H,24,27). The van der Waals surface area contributed by atoms with Crippen molar-refractivity contribution in [3.8, 4) is 0 Å². The third kappa shape index (κ3) is 4.13. The van der Waals surface area contributed by atoms with E-state index >= 15 is 0 Å². The molecule has 28 heavy (non-hydrogen) atoms. The highest BCUT2D eigenvalue weighted by Crippen LogP contribution is 2.26. The molecule has 7 heteroatoms. The second kappa shape index (κ2) is 7.81. The smallest absolute Gasteiger partial charge is 0.238 e. The van der Waals surface area contributed by atoms with E-state index in [1.807, 2.05) is 37.3 Å². The molecule has 2 aromatic carbocycles. The molecule has 2 aliphatic rings. The van der Waals surface area contributed by atoms with Crippen molar-refractivity contribution < 1.29 is 9.59 Å². The number of amides is 2. The number of hydrogen-bond acceptors (Lipinski definition) is 4. The van der Waals surface area contributed by atoms with E-state index < -0.39 is 0 Å². The fraction of sp³-hybridized carbons (Fsp3) is 0.333. The zero-order valence-electron chi connectivity index (χ0n) is 15.8. The van der Waals surface area contributed by atoms with Crippen molar-refractivity contribution in [1.29, 1.82) is 0 Å². The Morgan fingerprint density at radius 3 is 2.68 bits per heavy atom. The molecule has 0 bridgehead atoms. The first-order chi connectivity index (χ1) is 13.5. The average molecular weight is 399 g/mol. The predicted molar refractivity (Wildman–Crippen MR) is 112 cm³/mol. The molecule has 1 saturated heterocycles. The van der Waals surface area contributed by atoms with Crippen molar-refractivity contribution in [2.75, 3.05) is 48.3 Å². The summed E-state index contributed by atoms with van der Waals surface area (Å²) in [6.45, 7) is 5.79. The lowest BCUT2D eigenvalue weighted by Crippen LogP contribution is -2.48. The van der Waals surface area contributed by atoms with Crippen molar-refractivity contribution in [2.24, 2.45) is 0 Å². The van der Waals surface area contributed by atoms with Crippen molar-refractivity contribution in [3.63, 3.8) is 0 Å². The Bertz CT molecular complexity index is 923. The number of carbonyl (C=O) groups is 2. The third-order valence-corrected chi connectivity index (χ3v) is 5.68. The summed E-state index contributed by atoms with van der Waals surface area (Å²) < 4.78 is 0. The van der Waals surface area contributed by atoms with Crippen molar-refractivity contribution >= 4 is 40.5 Å². The molecule has 0 spiro atoms. The van der Waals surface area contributed by atoms with Gasteiger partial charge >= 0.3 is 0 Å². The lowest BCUT2D eigenvalue weighted by atomic mass is 10.1. The van der Waals surface area contributed by atoms with E-state index in [-0.39, 0.29) is 11.8 Å². The Balaban J connectivity index is 1.29. The topological polar surface area (TPSA) is 64.7 Å². The molecule has 2 N–H and O–H groups in total. The van der Waals surface area contributed by atoms with Gasteiger partial charge < -0.3 is 15.5 Å². The predicted octanol–water partition coefficient (Wildman–Crippen LogP) is 2.90. The molecule has 6 nitrogen and oxygen atoms in total. The van der Waals surface area contributed by atoms with Gasteiger partial charge in [0, 0.05) is 48.3 Å². The van der Waals surface area contributed by atoms with Gasteiger partial charge in [-0.1, -0.05) is 11.6 Å². The third-order valence-electron chi connectivity index (χ3n) is 5.26. The van der Waals surface area contributed by atoms with Crippen LogP contribution in [0.15, 0.2) is 36.4 Å². The molecule has 0 radical (unpaired) electrons. The highest BCUT2D eigenvalue weighted by molar-refractivity contribution is 6.31. The fourth-order valence-corrected chi connectivity index (χ4v) is 3.82. The lowest BCUT2D eigenvalue weighted by Gasteiger charge is -2.36. The minimum absolute atomic E-state index is 0.00720. The fourth-order valence-electron chi connectivity index (χ4n) is 3.70. The van der Waals surface area contributed by atoms with E-state index in [0.29, 0.717) is 13.0 Å². The van der Waals surface area contributed by atoms with E-state index in [1.54, 1.807) is 0 Å².